The Bertz CT molecular complexity index is 3260. The molecule has 3 heterocycles. The number of hydrogen-bond acceptors (Lipinski definition) is 5. The van der Waals surface area contributed by atoms with Crippen molar-refractivity contribution >= 4 is 71.7 Å². The first-order valence-electron chi connectivity index (χ1n) is 19.0. The van der Waals surface area contributed by atoms with E-state index in [4.69, 9.17) is 24.7 Å². The lowest BCUT2D eigenvalue weighted by Crippen LogP contribution is -2.13. The van der Waals surface area contributed by atoms with Crippen LogP contribution in [0.15, 0.2) is 194 Å². The maximum absolute atomic E-state index is 6.32. The molecule has 274 valence electrons. The van der Waals surface area contributed by atoms with Crippen LogP contribution in [0.1, 0.15) is 16.7 Å². The number of amidine groups is 1. The SMILES string of the molecule is NC(=NCc1ccccc1)c1cccc2c1oc1ccccc12.NCc1cccc2oc3ccc(-c4cc(-c5ccccc5)cc5oc6ccccc6c45)cc3c12. The number of nitrogens with two attached hydrogens (primary N) is 2. The van der Waals surface area contributed by atoms with Gasteiger partial charge in [-0.2, -0.15) is 0 Å². The highest BCUT2D eigenvalue weighted by Gasteiger charge is 2.18. The molecule has 0 atom stereocenters. The van der Waals surface area contributed by atoms with Gasteiger partial charge in [0.2, 0.25) is 0 Å². The van der Waals surface area contributed by atoms with Gasteiger partial charge in [-0.15, -0.1) is 0 Å². The summed E-state index contributed by atoms with van der Waals surface area (Å²) in [5, 5.41) is 6.58. The average Bonchev–Trinajstić information content (AvgIpc) is 3.97. The Labute approximate surface area is 328 Å². The molecule has 0 amide bonds. The predicted octanol–water partition coefficient (Wildman–Crippen LogP) is 12.8. The molecule has 0 fully saturated rings. The van der Waals surface area contributed by atoms with E-state index in [1.54, 1.807) is 0 Å². The van der Waals surface area contributed by atoms with Gasteiger partial charge in [0.25, 0.3) is 0 Å². The summed E-state index contributed by atoms with van der Waals surface area (Å²) in [6, 6.07) is 59.7. The summed E-state index contributed by atoms with van der Waals surface area (Å²) in [7, 11) is 0. The fourth-order valence-electron chi connectivity index (χ4n) is 7.91. The predicted molar refractivity (Wildman–Crippen MR) is 234 cm³/mol. The number of para-hydroxylation sites is 3. The molecule has 4 N–H and O–H groups in total. The molecule has 0 radical (unpaired) electrons. The molecule has 11 rings (SSSR count). The van der Waals surface area contributed by atoms with Gasteiger partial charge in [0, 0.05) is 38.9 Å². The summed E-state index contributed by atoms with van der Waals surface area (Å²) in [5.41, 5.74) is 25.1. The van der Waals surface area contributed by atoms with Crippen LogP contribution in [-0.4, -0.2) is 5.84 Å². The lowest BCUT2D eigenvalue weighted by Gasteiger charge is -2.09. The molecule has 6 nitrogen and oxygen atoms in total. The largest absolute Gasteiger partial charge is 0.456 e. The Morgan fingerprint density at radius 1 is 0.456 bits per heavy atom. The molecule has 8 aromatic carbocycles. The van der Waals surface area contributed by atoms with E-state index in [-0.39, 0.29) is 0 Å². The van der Waals surface area contributed by atoms with Crippen molar-refractivity contribution in [3.05, 3.63) is 193 Å². The van der Waals surface area contributed by atoms with Crippen LogP contribution in [0.4, 0.5) is 0 Å². The lowest BCUT2D eigenvalue weighted by atomic mass is 9.93. The van der Waals surface area contributed by atoms with Gasteiger partial charge in [-0.05, 0) is 81.9 Å². The minimum atomic E-state index is 0.469. The Balaban J connectivity index is 0.000000150. The first-order valence-corrected chi connectivity index (χ1v) is 19.0. The maximum atomic E-state index is 6.32. The quantitative estimate of drug-likeness (QED) is 0.130. The molecule has 0 spiro atoms. The van der Waals surface area contributed by atoms with E-state index < -0.39 is 0 Å². The van der Waals surface area contributed by atoms with Crippen molar-refractivity contribution in [3.63, 3.8) is 0 Å². The monoisotopic (exact) mass is 739 g/mol. The topological polar surface area (TPSA) is 104 Å². The molecule has 0 aliphatic heterocycles. The molecule has 0 aliphatic rings. The first-order chi connectivity index (χ1) is 28.1. The molecule has 0 unspecified atom stereocenters. The van der Waals surface area contributed by atoms with E-state index in [2.05, 4.69) is 89.9 Å². The molecule has 0 aliphatic carbocycles. The maximum Gasteiger partial charge on any atom is 0.146 e. The molecule has 0 saturated carbocycles. The Kier molecular flexibility index (Phi) is 8.58. The highest BCUT2D eigenvalue weighted by molar-refractivity contribution is 6.16. The van der Waals surface area contributed by atoms with E-state index in [9.17, 15) is 0 Å². The normalized spacial score (nSPS) is 11.9. The van der Waals surface area contributed by atoms with Crippen LogP contribution in [0, 0.1) is 0 Å². The second kappa shape index (κ2) is 14.3. The second-order valence-corrected chi connectivity index (χ2v) is 14.1. The van der Waals surface area contributed by atoms with Gasteiger partial charge in [0.05, 0.1) is 12.1 Å². The summed E-state index contributed by atoms with van der Waals surface area (Å²) in [6.45, 7) is 1.03. The molecular weight excluding hydrogens is 703 g/mol. The van der Waals surface area contributed by atoms with E-state index in [0.29, 0.717) is 18.9 Å². The minimum absolute atomic E-state index is 0.469. The molecule has 6 heteroatoms. The molecule has 11 aromatic rings. The summed E-state index contributed by atoms with van der Waals surface area (Å²) < 4.78 is 18.5. The van der Waals surface area contributed by atoms with Crippen molar-refractivity contribution in [1.82, 2.24) is 0 Å². The average molecular weight is 740 g/mol. The van der Waals surface area contributed by atoms with Crippen molar-refractivity contribution in [2.75, 3.05) is 0 Å². The van der Waals surface area contributed by atoms with Crippen molar-refractivity contribution in [3.8, 4) is 22.3 Å². The van der Waals surface area contributed by atoms with Gasteiger partial charge in [0.1, 0.15) is 39.3 Å². The number of fused-ring (bicyclic) bond motifs is 9. The molecular formula is C51H37N3O3. The minimum Gasteiger partial charge on any atom is -0.456 e. The van der Waals surface area contributed by atoms with Crippen LogP contribution in [0.25, 0.3) is 88.1 Å². The van der Waals surface area contributed by atoms with Crippen molar-refractivity contribution in [2.45, 2.75) is 13.1 Å². The van der Waals surface area contributed by atoms with Crippen molar-refractivity contribution in [2.24, 2.45) is 16.5 Å². The van der Waals surface area contributed by atoms with Gasteiger partial charge < -0.3 is 24.7 Å². The fraction of sp³-hybridized carbons (Fsp3) is 0.0392. The third-order valence-corrected chi connectivity index (χ3v) is 10.7. The molecule has 0 bridgehead atoms. The van der Waals surface area contributed by atoms with Crippen molar-refractivity contribution < 1.29 is 13.3 Å². The fourth-order valence-corrected chi connectivity index (χ4v) is 7.91. The first kappa shape index (κ1) is 34.1. The molecule has 0 saturated heterocycles. The van der Waals surface area contributed by atoms with Crippen LogP contribution < -0.4 is 11.5 Å². The van der Waals surface area contributed by atoms with E-state index in [1.165, 1.54) is 0 Å². The Morgan fingerprint density at radius 3 is 1.91 bits per heavy atom. The number of benzene rings is 8. The van der Waals surface area contributed by atoms with Crippen LogP contribution in [0.5, 0.6) is 0 Å². The summed E-state index contributed by atoms with van der Waals surface area (Å²) in [4.78, 5) is 4.52. The van der Waals surface area contributed by atoms with Crippen LogP contribution in [-0.2, 0) is 13.1 Å². The van der Waals surface area contributed by atoms with E-state index in [1.807, 2.05) is 91.0 Å². The van der Waals surface area contributed by atoms with Gasteiger partial charge in [-0.1, -0.05) is 127 Å². The van der Waals surface area contributed by atoms with Crippen LogP contribution in [0.2, 0.25) is 0 Å². The van der Waals surface area contributed by atoms with E-state index in [0.717, 1.165) is 105 Å². The van der Waals surface area contributed by atoms with Crippen LogP contribution >= 0.6 is 0 Å². The highest BCUT2D eigenvalue weighted by atomic mass is 16.3. The van der Waals surface area contributed by atoms with Gasteiger partial charge in [-0.25, -0.2) is 0 Å². The second-order valence-electron chi connectivity index (χ2n) is 14.1. The van der Waals surface area contributed by atoms with Crippen LogP contribution in [0.3, 0.4) is 0 Å². The third-order valence-electron chi connectivity index (χ3n) is 10.7. The smallest absolute Gasteiger partial charge is 0.146 e. The van der Waals surface area contributed by atoms with Gasteiger partial charge in [-0.3, -0.25) is 4.99 Å². The van der Waals surface area contributed by atoms with Gasteiger partial charge in [0.15, 0.2) is 0 Å². The Hall–Kier alpha value is -7.41. The summed E-state index contributed by atoms with van der Waals surface area (Å²) >= 11 is 0. The summed E-state index contributed by atoms with van der Waals surface area (Å²) in [5.74, 6) is 0.499. The number of nitrogens with zero attached hydrogens (tertiary/aromatic N) is 1. The lowest BCUT2D eigenvalue weighted by molar-refractivity contribution is 0.667. The van der Waals surface area contributed by atoms with Gasteiger partial charge >= 0.3 is 0 Å². The standard InChI is InChI=1S/C31H21NO2.C20H16N2O/c32-18-21-9-6-12-28-30(21)25-15-20(13-14-27(25)33-28)24-16-22(19-7-2-1-3-8-19)17-29-31(24)23-10-4-5-11-26(23)34-29;21-20(22-13-14-7-2-1-3-8-14)17-11-6-10-16-15-9-4-5-12-18(15)23-19(16)17/h1-17H,18,32H2;1-12H,13H2,(H2,21,22). The number of rotatable bonds is 6. The zero-order valence-electron chi connectivity index (χ0n) is 31.0. The Morgan fingerprint density at radius 2 is 1.11 bits per heavy atom. The number of hydrogen-bond donors (Lipinski definition) is 2. The number of furan rings is 3. The highest BCUT2D eigenvalue weighted by Crippen LogP contribution is 2.42. The third kappa shape index (κ3) is 6.18. The zero-order chi connectivity index (χ0) is 38.3. The molecule has 3 aromatic heterocycles. The summed E-state index contributed by atoms with van der Waals surface area (Å²) in [6.07, 6.45) is 0. The van der Waals surface area contributed by atoms with E-state index >= 15 is 0 Å². The zero-order valence-corrected chi connectivity index (χ0v) is 31.0. The molecule has 57 heavy (non-hydrogen) atoms. The van der Waals surface area contributed by atoms with Crippen molar-refractivity contribution in [1.29, 1.82) is 0 Å². The number of aliphatic imine (C=N–C) groups is 1.